The fourth-order valence-electron chi connectivity index (χ4n) is 2.43. The van der Waals surface area contributed by atoms with Crippen LogP contribution in [0.3, 0.4) is 0 Å². The van der Waals surface area contributed by atoms with E-state index in [1.807, 2.05) is 0 Å². The molecule has 0 bridgehead atoms. The Morgan fingerprint density at radius 1 is 1.50 bits per heavy atom. The number of halogens is 1. The molecule has 0 radical (unpaired) electrons. The summed E-state index contributed by atoms with van der Waals surface area (Å²) in [5.74, 6) is -0.657. The molecule has 1 aromatic rings. The summed E-state index contributed by atoms with van der Waals surface area (Å²) in [5, 5.41) is 9.54. The molecule has 0 saturated carbocycles. The highest BCUT2D eigenvalue weighted by Gasteiger charge is 2.34. The van der Waals surface area contributed by atoms with E-state index < -0.39 is 21.9 Å². The van der Waals surface area contributed by atoms with Crippen LogP contribution in [0.15, 0.2) is 17.0 Å². The number of nitrogen functional groups attached to an aromatic ring is 1. The Morgan fingerprint density at radius 3 is 2.65 bits per heavy atom. The molecule has 1 fully saturated rings. The van der Waals surface area contributed by atoms with Crippen molar-refractivity contribution >= 4 is 15.7 Å². The van der Waals surface area contributed by atoms with E-state index in [1.165, 1.54) is 17.3 Å². The van der Waals surface area contributed by atoms with E-state index in [4.69, 9.17) is 5.73 Å². The normalized spacial score (nSPS) is 22.1. The molecular weight excluding hydrogens is 283 g/mol. The van der Waals surface area contributed by atoms with Crippen molar-refractivity contribution in [3.8, 4) is 0 Å². The number of anilines is 1. The van der Waals surface area contributed by atoms with Crippen LogP contribution in [0.2, 0.25) is 0 Å². The van der Waals surface area contributed by atoms with Crippen molar-refractivity contribution in [3.63, 3.8) is 0 Å². The monoisotopic (exact) mass is 302 g/mol. The lowest BCUT2D eigenvalue weighted by atomic mass is 10.0. The Balaban J connectivity index is 2.32. The highest BCUT2D eigenvalue weighted by molar-refractivity contribution is 7.89. The molecule has 1 heterocycles. The molecule has 1 aromatic carbocycles. The van der Waals surface area contributed by atoms with Crippen LogP contribution in [-0.2, 0) is 10.0 Å². The third-order valence-electron chi connectivity index (χ3n) is 3.76. The average molecular weight is 302 g/mol. The Hall–Kier alpha value is -1.18. The minimum absolute atomic E-state index is 0.000132. The largest absolute Gasteiger partial charge is 0.396 e. The third kappa shape index (κ3) is 2.65. The summed E-state index contributed by atoms with van der Waals surface area (Å²) in [7, 11) is -3.69. The van der Waals surface area contributed by atoms with E-state index in [1.54, 1.807) is 6.92 Å². The van der Waals surface area contributed by atoms with E-state index in [0.717, 1.165) is 6.07 Å². The van der Waals surface area contributed by atoms with E-state index in [9.17, 15) is 17.9 Å². The van der Waals surface area contributed by atoms with Crippen molar-refractivity contribution in [1.82, 2.24) is 4.31 Å². The van der Waals surface area contributed by atoms with Gasteiger partial charge in [0.2, 0.25) is 10.0 Å². The summed E-state index contributed by atoms with van der Waals surface area (Å²) in [6.45, 7) is 3.76. The zero-order valence-electron chi connectivity index (χ0n) is 11.5. The predicted octanol–water partition coefficient (Wildman–Crippen LogP) is 1.11. The quantitative estimate of drug-likeness (QED) is 0.819. The average Bonchev–Trinajstić information content (AvgIpc) is 2.85. The first-order chi connectivity index (χ1) is 9.23. The highest BCUT2D eigenvalue weighted by Crippen LogP contribution is 2.28. The number of nitrogens with two attached hydrogens (primary N) is 1. The molecule has 2 rings (SSSR count). The Morgan fingerprint density at radius 2 is 2.15 bits per heavy atom. The molecule has 1 aliphatic heterocycles. The van der Waals surface area contributed by atoms with Crippen LogP contribution in [0.4, 0.5) is 10.1 Å². The minimum Gasteiger partial charge on any atom is -0.396 e. The molecule has 0 aromatic heterocycles. The topological polar surface area (TPSA) is 83.6 Å². The van der Waals surface area contributed by atoms with E-state index in [0.29, 0.717) is 13.0 Å². The minimum atomic E-state index is -3.69. The maximum Gasteiger partial charge on any atom is 0.243 e. The molecule has 5 nitrogen and oxygen atoms in total. The van der Waals surface area contributed by atoms with Gasteiger partial charge in [-0.1, -0.05) is 0 Å². The molecule has 0 amide bonds. The van der Waals surface area contributed by atoms with Crippen molar-refractivity contribution < 1.29 is 17.9 Å². The van der Waals surface area contributed by atoms with Crippen molar-refractivity contribution in [2.75, 3.05) is 18.8 Å². The lowest BCUT2D eigenvalue weighted by Crippen LogP contribution is -2.30. The zero-order chi connectivity index (χ0) is 15.1. The lowest BCUT2D eigenvalue weighted by Gasteiger charge is -2.18. The first-order valence-corrected chi connectivity index (χ1v) is 7.91. The van der Waals surface area contributed by atoms with Gasteiger partial charge in [-0.15, -0.1) is 0 Å². The molecule has 2 unspecified atom stereocenters. The SMILES string of the molecule is Cc1cc(S(=O)(=O)N2CCC(C(C)O)C2)cc(N)c1F. The number of aliphatic hydroxyl groups excluding tert-OH is 1. The van der Waals surface area contributed by atoms with E-state index in [-0.39, 0.29) is 28.6 Å². The predicted molar refractivity (Wildman–Crippen MR) is 74.1 cm³/mol. The number of sulfonamides is 1. The second-order valence-electron chi connectivity index (χ2n) is 5.30. The number of rotatable bonds is 3. The van der Waals surface area contributed by atoms with Gasteiger partial charge in [-0.05, 0) is 43.9 Å². The van der Waals surface area contributed by atoms with Gasteiger partial charge in [-0.25, -0.2) is 12.8 Å². The van der Waals surface area contributed by atoms with Crippen molar-refractivity contribution in [1.29, 1.82) is 0 Å². The van der Waals surface area contributed by atoms with Crippen LogP contribution >= 0.6 is 0 Å². The molecule has 0 aliphatic carbocycles. The molecular formula is C13H19FN2O3S. The molecule has 20 heavy (non-hydrogen) atoms. The van der Waals surface area contributed by atoms with Crippen molar-refractivity contribution in [3.05, 3.63) is 23.5 Å². The first-order valence-electron chi connectivity index (χ1n) is 6.47. The van der Waals surface area contributed by atoms with Crippen LogP contribution in [0.25, 0.3) is 0 Å². The second kappa shape index (κ2) is 5.31. The van der Waals surface area contributed by atoms with E-state index >= 15 is 0 Å². The molecule has 3 N–H and O–H groups in total. The van der Waals surface area contributed by atoms with Crippen LogP contribution < -0.4 is 5.73 Å². The fraction of sp³-hybridized carbons (Fsp3) is 0.538. The van der Waals surface area contributed by atoms with Crippen molar-refractivity contribution in [2.45, 2.75) is 31.3 Å². The van der Waals surface area contributed by atoms with Gasteiger partial charge in [0, 0.05) is 13.1 Å². The maximum atomic E-state index is 13.5. The smallest absolute Gasteiger partial charge is 0.243 e. The molecule has 112 valence electrons. The molecule has 0 spiro atoms. The van der Waals surface area contributed by atoms with Crippen LogP contribution in [-0.4, -0.2) is 37.0 Å². The van der Waals surface area contributed by atoms with Gasteiger partial charge in [0.15, 0.2) is 0 Å². The standard InChI is InChI=1S/C13H19FN2O3S/c1-8-5-11(6-12(15)13(8)14)20(18,19)16-4-3-10(7-16)9(2)17/h5-6,9-10,17H,3-4,7,15H2,1-2H3. The van der Waals surface area contributed by atoms with Gasteiger partial charge >= 0.3 is 0 Å². The summed E-state index contributed by atoms with van der Waals surface area (Å²) in [6, 6.07) is 2.43. The fourth-order valence-corrected chi connectivity index (χ4v) is 4.06. The van der Waals surface area contributed by atoms with Gasteiger partial charge in [0.05, 0.1) is 16.7 Å². The zero-order valence-corrected chi connectivity index (χ0v) is 12.3. The van der Waals surface area contributed by atoms with Gasteiger partial charge in [-0.2, -0.15) is 4.31 Å². The van der Waals surface area contributed by atoms with Crippen LogP contribution in [0.1, 0.15) is 18.9 Å². The van der Waals surface area contributed by atoms with Gasteiger partial charge in [0.25, 0.3) is 0 Å². The van der Waals surface area contributed by atoms with Crippen LogP contribution in [0.5, 0.6) is 0 Å². The van der Waals surface area contributed by atoms with Gasteiger partial charge < -0.3 is 10.8 Å². The van der Waals surface area contributed by atoms with E-state index in [2.05, 4.69) is 0 Å². The third-order valence-corrected chi connectivity index (χ3v) is 5.61. The number of nitrogens with zero attached hydrogens (tertiary/aromatic N) is 1. The lowest BCUT2D eigenvalue weighted by molar-refractivity contribution is 0.133. The Labute approximate surface area is 118 Å². The Bertz CT molecular complexity index is 593. The summed E-state index contributed by atoms with van der Waals surface area (Å²) >= 11 is 0. The summed E-state index contributed by atoms with van der Waals surface area (Å²) in [4.78, 5) is 0.000132. The van der Waals surface area contributed by atoms with Crippen LogP contribution in [0, 0.1) is 18.7 Å². The molecule has 7 heteroatoms. The summed E-state index contributed by atoms with van der Waals surface area (Å²) < 4.78 is 39.8. The Kier molecular flexibility index (Phi) is 4.04. The number of aryl methyl sites for hydroxylation is 1. The molecule has 2 atom stereocenters. The number of hydrogen-bond acceptors (Lipinski definition) is 4. The second-order valence-corrected chi connectivity index (χ2v) is 7.23. The summed E-state index contributed by atoms with van der Waals surface area (Å²) in [5.41, 5.74) is 5.53. The van der Waals surface area contributed by atoms with Crippen molar-refractivity contribution in [2.24, 2.45) is 5.92 Å². The maximum absolute atomic E-state index is 13.5. The van der Waals surface area contributed by atoms with Gasteiger partial charge in [-0.3, -0.25) is 0 Å². The number of aliphatic hydroxyl groups is 1. The molecule has 1 aliphatic rings. The number of hydrogen-bond donors (Lipinski definition) is 2. The summed E-state index contributed by atoms with van der Waals surface area (Å²) in [6.07, 6.45) is 0.0715. The highest BCUT2D eigenvalue weighted by atomic mass is 32.2. The number of benzene rings is 1. The molecule has 1 saturated heterocycles. The first kappa shape index (κ1) is 15.2. The van der Waals surface area contributed by atoms with Gasteiger partial charge in [0.1, 0.15) is 5.82 Å².